The maximum absolute atomic E-state index is 12.8. The molecule has 6 heteroatoms. The molecule has 0 saturated carbocycles. The fourth-order valence-corrected chi connectivity index (χ4v) is 2.36. The van der Waals surface area contributed by atoms with E-state index in [2.05, 4.69) is 9.44 Å². The molecule has 2 aromatic carbocycles. The van der Waals surface area contributed by atoms with Crippen molar-refractivity contribution in [1.29, 1.82) is 0 Å². The number of benzene rings is 2. The third kappa shape index (κ3) is 3.88. The highest BCUT2D eigenvalue weighted by Crippen LogP contribution is 2.14. The van der Waals surface area contributed by atoms with E-state index in [0.29, 0.717) is 11.3 Å². The van der Waals surface area contributed by atoms with Gasteiger partial charge in [0, 0.05) is 0 Å². The van der Waals surface area contributed by atoms with Crippen LogP contribution in [0.15, 0.2) is 58.6 Å². The fourth-order valence-electron chi connectivity index (χ4n) is 1.60. The van der Waals surface area contributed by atoms with Crippen LogP contribution in [0.4, 0.5) is 4.39 Å². The van der Waals surface area contributed by atoms with Gasteiger partial charge in [-0.05, 0) is 43.7 Å². The predicted molar refractivity (Wildman–Crippen MR) is 78.1 cm³/mol. The summed E-state index contributed by atoms with van der Waals surface area (Å²) in [5.41, 5.74) is 1.86. The molecule has 0 spiro atoms. The molecule has 0 saturated heterocycles. The lowest BCUT2D eigenvalue weighted by atomic mass is 10.1. The van der Waals surface area contributed by atoms with Gasteiger partial charge in [0.25, 0.3) is 0 Å². The smallest absolute Gasteiger partial charge is 0.265 e. The minimum atomic E-state index is -3.95. The van der Waals surface area contributed by atoms with Crippen molar-refractivity contribution in [2.45, 2.75) is 18.7 Å². The van der Waals surface area contributed by atoms with Crippen LogP contribution in [0.1, 0.15) is 18.1 Å². The van der Waals surface area contributed by atoms with Crippen molar-refractivity contribution in [3.05, 3.63) is 65.5 Å². The lowest BCUT2D eigenvalue weighted by molar-refractivity contribution is 0.339. The molecule has 0 unspecified atom stereocenters. The summed E-state index contributed by atoms with van der Waals surface area (Å²) < 4.78 is 41.4. The van der Waals surface area contributed by atoms with Crippen molar-refractivity contribution in [2.75, 3.05) is 0 Å². The molecule has 0 radical (unpaired) electrons. The van der Waals surface area contributed by atoms with Gasteiger partial charge in [-0.2, -0.15) is 8.42 Å². The highest BCUT2D eigenvalue weighted by atomic mass is 32.2. The summed E-state index contributed by atoms with van der Waals surface area (Å²) in [5.74, 6) is -0.375. The van der Waals surface area contributed by atoms with Crippen LogP contribution in [0.2, 0.25) is 0 Å². The zero-order chi connectivity index (χ0) is 15.5. The molecule has 0 heterocycles. The average molecular weight is 307 g/mol. The Labute approximate surface area is 123 Å². The lowest BCUT2D eigenvalue weighted by Gasteiger charge is -2.04. The summed E-state index contributed by atoms with van der Waals surface area (Å²) in [5, 5.41) is 3.60. The first-order valence-corrected chi connectivity index (χ1v) is 7.60. The Hall–Kier alpha value is -2.21. The molecule has 110 valence electrons. The molecule has 2 aromatic rings. The number of aryl methyl sites for hydroxylation is 1. The number of hydrogen-bond acceptors (Lipinski definition) is 4. The van der Waals surface area contributed by atoms with Gasteiger partial charge >= 0.3 is 10.1 Å². The predicted octanol–water partition coefficient (Wildman–Crippen LogP) is 3.26. The molecule has 0 fully saturated rings. The molecule has 0 atom stereocenters. The Kier molecular flexibility index (Phi) is 4.37. The molecule has 0 aliphatic heterocycles. The van der Waals surface area contributed by atoms with Gasteiger partial charge in [0.05, 0.1) is 5.71 Å². The standard InChI is InChI=1S/C15H14FNO3S/c1-11-3-9-15(10-4-11)21(18,19)20-17-12(2)13-5-7-14(16)8-6-13/h3-10H,1-2H3/b17-12+. The zero-order valence-corrected chi connectivity index (χ0v) is 12.4. The van der Waals surface area contributed by atoms with Crippen molar-refractivity contribution in [2.24, 2.45) is 5.16 Å². The molecule has 0 aliphatic carbocycles. The summed E-state index contributed by atoms with van der Waals surface area (Å²) in [4.78, 5) is 0.0313. The first-order chi connectivity index (χ1) is 9.88. The maximum atomic E-state index is 12.8. The highest BCUT2D eigenvalue weighted by Gasteiger charge is 2.15. The van der Waals surface area contributed by atoms with Crippen molar-refractivity contribution in [3.63, 3.8) is 0 Å². The zero-order valence-electron chi connectivity index (χ0n) is 11.6. The van der Waals surface area contributed by atoms with Crippen molar-refractivity contribution >= 4 is 15.8 Å². The largest absolute Gasteiger partial charge is 0.358 e. The van der Waals surface area contributed by atoms with Crippen LogP contribution in [0, 0.1) is 12.7 Å². The molecule has 0 amide bonds. The van der Waals surface area contributed by atoms with E-state index in [-0.39, 0.29) is 10.7 Å². The molecule has 0 N–H and O–H groups in total. The van der Waals surface area contributed by atoms with Crippen LogP contribution in [0.5, 0.6) is 0 Å². The van der Waals surface area contributed by atoms with E-state index >= 15 is 0 Å². The third-order valence-electron chi connectivity index (χ3n) is 2.84. The Morgan fingerprint density at radius 2 is 1.62 bits per heavy atom. The fraction of sp³-hybridized carbons (Fsp3) is 0.133. The summed E-state index contributed by atoms with van der Waals surface area (Å²) >= 11 is 0. The van der Waals surface area contributed by atoms with Gasteiger partial charge in [0.15, 0.2) is 0 Å². The van der Waals surface area contributed by atoms with Gasteiger partial charge in [-0.15, -0.1) is 0 Å². The van der Waals surface area contributed by atoms with Gasteiger partial charge in [0.1, 0.15) is 10.7 Å². The maximum Gasteiger partial charge on any atom is 0.358 e. The molecule has 2 rings (SSSR count). The van der Waals surface area contributed by atoms with Crippen molar-refractivity contribution in [3.8, 4) is 0 Å². The van der Waals surface area contributed by atoms with Gasteiger partial charge in [-0.3, -0.25) is 4.28 Å². The molecule has 0 bridgehead atoms. The quantitative estimate of drug-likeness (QED) is 0.643. The molecule has 21 heavy (non-hydrogen) atoms. The van der Waals surface area contributed by atoms with Crippen LogP contribution in [-0.4, -0.2) is 14.1 Å². The van der Waals surface area contributed by atoms with E-state index in [0.717, 1.165) is 5.56 Å². The van der Waals surface area contributed by atoms with Crippen molar-refractivity contribution in [1.82, 2.24) is 0 Å². The first-order valence-electron chi connectivity index (χ1n) is 6.19. The van der Waals surface area contributed by atoms with Crippen LogP contribution in [0.3, 0.4) is 0 Å². The topological polar surface area (TPSA) is 55.7 Å². The summed E-state index contributed by atoms with van der Waals surface area (Å²) in [7, 11) is -3.95. The Morgan fingerprint density at radius 3 is 2.19 bits per heavy atom. The summed E-state index contributed by atoms with van der Waals surface area (Å²) in [6, 6.07) is 11.8. The van der Waals surface area contributed by atoms with E-state index in [1.54, 1.807) is 19.1 Å². The molecular formula is C15H14FNO3S. The average Bonchev–Trinajstić information content (AvgIpc) is 2.46. The number of halogens is 1. The van der Waals surface area contributed by atoms with Crippen LogP contribution in [0.25, 0.3) is 0 Å². The second-order valence-electron chi connectivity index (χ2n) is 4.53. The van der Waals surface area contributed by atoms with E-state index < -0.39 is 10.1 Å². The van der Waals surface area contributed by atoms with Gasteiger partial charge in [-0.25, -0.2) is 4.39 Å². The van der Waals surface area contributed by atoms with E-state index in [9.17, 15) is 12.8 Å². The Morgan fingerprint density at radius 1 is 1.05 bits per heavy atom. The highest BCUT2D eigenvalue weighted by molar-refractivity contribution is 7.86. The van der Waals surface area contributed by atoms with Gasteiger partial charge in [-0.1, -0.05) is 35.0 Å². The van der Waals surface area contributed by atoms with E-state index in [1.807, 2.05) is 6.92 Å². The first kappa shape index (κ1) is 15.2. The van der Waals surface area contributed by atoms with E-state index in [4.69, 9.17) is 0 Å². The Bertz CT molecular complexity index is 751. The van der Waals surface area contributed by atoms with E-state index in [1.165, 1.54) is 36.4 Å². The molecule has 0 aliphatic rings. The SMILES string of the molecule is C/C(=N\OS(=O)(=O)c1ccc(C)cc1)c1ccc(F)cc1. The van der Waals surface area contributed by atoms with Crippen LogP contribution < -0.4 is 0 Å². The second-order valence-corrected chi connectivity index (χ2v) is 6.05. The number of nitrogens with zero attached hydrogens (tertiary/aromatic N) is 1. The summed E-state index contributed by atoms with van der Waals surface area (Å²) in [6.45, 7) is 3.44. The van der Waals surface area contributed by atoms with Gasteiger partial charge < -0.3 is 0 Å². The third-order valence-corrected chi connectivity index (χ3v) is 3.96. The van der Waals surface area contributed by atoms with Crippen LogP contribution >= 0.6 is 0 Å². The normalized spacial score (nSPS) is 12.2. The molecular weight excluding hydrogens is 293 g/mol. The minimum Gasteiger partial charge on any atom is -0.265 e. The van der Waals surface area contributed by atoms with Crippen LogP contribution in [-0.2, 0) is 14.4 Å². The minimum absolute atomic E-state index is 0.0313. The summed E-state index contributed by atoms with van der Waals surface area (Å²) in [6.07, 6.45) is 0. The Balaban J connectivity index is 2.18. The number of rotatable bonds is 4. The monoisotopic (exact) mass is 307 g/mol. The number of oxime groups is 1. The molecule has 4 nitrogen and oxygen atoms in total. The molecule has 0 aromatic heterocycles. The lowest BCUT2D eigenvalue weighted by Crippen LogP contribution is -2.05. The second kappa shape index (κ2) is 6.05. The number of hydrogen-bond donors (Lipinski definition) is 0. The van der Waals surface area contributed by atoms with Gasteiger partial charge in [0.2, 0.25) is 0 Å². The van der Waals surface area contributed by atoms with Crippen molar-refractivity contribution < 1.29 is 17.1 Å².